The summed E-state index contributed by atoms with van der Waals surface area (Å²) in [6, 6.07) is 20.4. The third-order valence-corrected chi connectivity index (χ3v) is 4.49. The minimum atomic E-state index is -0.287. The van der Waals surface area contributed by atoms with E-state index >= 15 is 0 Å². The van der Waals surface area contributed by atoms with Crippen molar-refractivity contribution >= 4 is 11.5 Å². The first-order valence-corrected chi connectivity index (χ1v) is 8.92. The van der Waals surface area contributed by atoms with E-state index in [1.807, 2.05) is 30.3 Å². The lowest BCUT2D eigenvalue weighted by atomic mass is 9.96. The molecule has 0 saturated carbocycles. The highest BCUT2D eigenvalue weighted by molar-refractivity contribution is 5.59. The van der Waals surface area contributed by atoms with Gasteiger partial charge in [-0.15, -0.1) is 15.3 Å². The van der Waals surface area contributed by atoms with Crippen molar-refractivity contribution in [1.82, 2.24) is 19.8 Å². The van der Waals surface area contributed by atoms with Crippen LogP contribution in [0.25, 0.3) is 17.0 Å². The first-order valence-electron chi connectivity index (χ1n) is 8.92. The number of rotatable bonds is 5. The average molecular weight is 361 g/mol. The number of halogens is 1. The largest absolute Gasteiger partial charge is 0.362 e. The predicted octanol–water partition coefficient (Wildman–Crippen LogP) is 4.74. The van der Waals surface area contributed by atoms with E-state index in [0.29, 0.717) is 17.4 Å². The fourth-order valence-electron chi connectivity index (χ4n) is 3.10. The van der Waals surface area contributed by atoms with Crippen LogP contribution in [0.3, 0.4) is 0 Å². The predicted molar refractivity (Wildman–Crippen MR) is 104 cm³/mol. The van der Waals surface area contributed by atoms with Gasteiger partial charge in [0.25, 0.3) is 0 Å². The summed E-state index contributed by atoms with van der Waals surface area (Å²) >= 11 is 0. The highest BCUT2D eigenvalue weighted by Crippen LogP contribution is 2.26. The topological polar surface area (TPSA) is 55.1 Å². The molecule has 0 bridgehead atoms. The number of anilines is 1. The van der Waals surface area contributed by atoms with Gasteiger partial charge in [0.15, 0.2) is 11.5 Å². The van der Waals surface area contributed by atoms with Crippen LogP contribution in [-0.2, 0) is 0 Å². The van der Waals surface area contributed by atoms with E-state index in [2.05, 4.69) is 46.6 Å². The number of aromatic nitrogens is 4. The fourth-order valence-corrected chi connectivity index (χ4v) is 3.10. The molecule has 27 heavy (non-hydrogen) atoms. The Labute approximate surface area is 156 Å². The summed E-state index contributed by atoms with van der Waals surface area (Å²) in [6.07, 6.45) is 0. The Kier molecular flexibility index (Phi) is 4.54. The van der Waals surface area contributed by atoms with Crippen molar-refractivity contribution < 1.29 is 4.39 Å². The molecule has 5 nitrogen and oxygen atoms in total. The molecule has 0 fully saturated rings. The van der Waals surface area contributed by atoms with Crippen LogP contribution in [0.15, 0.2) is 66.7 Å². The standard InChI is InChI=1S/C21H20FN5/c1-14(2)20(15-6-4-3-5-7-15)23-18-12-13-19-24-25-21(27(19)26-18)16-8-10-17(22)11-9-16/h3-14,20H,1-2H3,(H,23,26). The summed E-state index contributed by atoms with van der Waals surface area (Å²) in [5, 5.41) is 16.6. The van der Waals surface area contributed by atoms with E-state index in [1.54, 1.807) is 16.6 Å². The van der Waals surface area contributed by atoms with E-state index in [-0.39, 0.29) is 11.9 Å². The third kappa shape index (κ3) is 3.51. The van der Waals surface area contributed by atoms with Crippen LogP contribution in [-0.4, -0.2) is 19.8 Å². The number of nitrogens with one attached hydrogen (secondary N) is 1. The Morgan fingerprint density at radius 1 is 0.889 bits per heavy atom. The molecule has 4 rings (SSSR count). The molecule has 2 heterocycles. The second-order valence-corrected chi connectivity index (χ2v) is 6.80. The minimum absolute atomic E-state index is 0.127. The zero-order valence-electron chi connectivity index (χ0n) is 15.2. The number of benzene rings is 2. The number of hydrogen-bond acceptors (Lipinski definition) is 4. The van der Waals surface area contributed by atoms with Gasteiger partial charge in [-0.25, -0.2) is 4.39 Å². The number of hydrogen-bond donors (Lipinski definition) is 1. The molecular formula is C21H20FN5. The van der Waals surface area contributed by atoms with Gasteiger partial charge in [-0.1, -0.05) is 44.2 Å². The van der Waals surface area contributed by atoms with Crippen LogP contribution in [0.5, 0.6) is 0 Å². The van der Waals surface area contributed by atoms with Crippen molar-refractivity contribution in [2.24, 2.45) is 5.92 Å². The van der Waals surface area contributed by atoms with Gasteiger partial charge in [-0.3, -0.25) is 0 Å². The molecule has 0 aliphatic rings. The van der Waals surface area contributed by atoms with Gasteiger partial charge in [-0.05, 0) is 47.9 Å². The van der Waals surface area contributed by atoms with Gasteiger partial charge in [0.2, 0.25) is 0 Å². The summed E-state index contributed by atoms with van der Waals surface area (Å²) in [5.41, 5.74) is 2.61. The Bertz CT molecular complexity index is 1040. The molecule has 0 aliphatic heterocycles. The van der Waals surface area contributed by atoms with Gasteiger partial charge in [0, 0.05) is 5.56 Å². The maximum Gasteiger partial charge on any atom is 0.185 e. The summed E-state index contributed by atoms with van der Waals surface area (Å²) in [4.78, 5) is 0. The molecule has 1 unspecified atom stereocenters. The second-order valence-electron chi connectivity index (χ2n) is 6.80. The lowest BCUT2D eigenvalue weighted by Gasteiger charge is -2.23. The second kappa shape index (κ2) is 7.15. The van der Waals surface area contributed by atoms with Crippen LogP contribution < -0.4 is 5.32 Å². The Morgan fingerprint density at radius 2 is 1.63 bits per heavy atom. The zero-order chi connectivity index (χ0) is 18.8. The van der Waals surface area contributed by atoms with Crippen LogP contribution in [0.2, 0.25) is 0 Å². The Hall–Kier alpha value is -3.28. The smallest absolute Gasteiger partial charge is 0.185 e. The maximum absolute atomic E-state index is 13.2. The highest BCUT2D eigenvalue weighted by Gasteiger charge is 2.17. The molecule has 1 atom stereocenters. The Balaban J connectivity index is 1.70. The lowest BCUT2D eigenvalue weighted by molar-refractivity contribution is 0.543. The third-order valence-electron chi connectivity index (χ3n) is 4.49. The molecule has 136 valence electrons. The molecule has 1 N–H and O–H groups in total. The van der Waals surface area contributed by atoms with Crippen molar-refractivity contribution in [2.45, 2.75) is 19.9 Å². The fraction of sp³-hybridized carbons (Fsp3) is 0.190. The van der Waals surface area contributed by atoms with E-state index in [9.17, 15) is 4.39 Å². The summed E-state index contributed by atoms with van der Waals surface area (Å²) in [7, 11) is 0. The van der Waals surface area contributed by atoms with Gasteiger partial charge in [0.1, 0.15) is 11.6 Å². The van der Waals surface area contributed by atoms with E-state index in [4.69, 9.17) is 0 Å². The average Bonchev–Trinajstić information content (AvgIpc) is 3.10. The molecular weight excluding hydrogens is 341 g/mol. The van der Waals surface area contributed by atoms with Gasteiger partial charge in [-0.2, -0.15) is 4.52 Å². The summed E-state index contributed by atoms with van der Waals surface area (Å²) < 4.78 is 14.9. The van der Waals surface area contributed by atoms with Crippen LogP contribution in [0.4, 0.5) is 10.2 Å². The molecule has 6 heteroatoms. The Morgan fingerprint density at radius 3 is 2.33 bits per heavy atom. The van der Waals surface area contributed by atoms with Crippen LogP contribution in [0, 0.1) is 11.7 Å². The molecule has 0 radical (unpaired) electrons. The maximum atomic E-state index is 13.2. The minimum Gasteiger partial charge on any atom is -0.362 e. The van der Waals surface area contributed by atoms with Gasteiger partial charge in [0.05, 0.1) is 6.04 Å². The van der Waals surface area contributed by atoms with E-state index in [0.717, 1.165) is 11.4 Å². The monoisotopic (exact) mass is 361 g/mol. The van der Waals surface area contributed by atoms with Crippen LogP contribution >= 0.6 is 0 Å². The first-order chi connectivity index (χ1) is 13.1. The zero-order valence-corrected chi connectivity index (χ0v) is 15.2. The van der Waals surface area contributed by atoms with Crippen molar-refractivity contribution in [1.29, 1.82) is 0 Å². The molecule has 4 aromatic rings. The molecule has 0 aliphatic carbocycles. The molecule has 0 saturated heterocycles. The van der Waals surface area contributed by atoms with Crippen molar-refractivity contribution in [3.05, 3.63) is 78.1 Å². The molecule has 0 spiro atoms. The first kappa shape index (κ1) is 17.1. The van der Waals surface area contributed by atoms with E-state index in [1.165, 1.54) is 17.7 Å². The van der Waals surface area contributed by atoms with Gasteiger partial charge >= 0.3 is 0 Å². The molecule has 2 aromatic carbocycles. The number of nitrogens with zero attached hydrogens (tertiary/aromatic N) is 4. The highest BCUT2D eigenvalue weighted by atomic mass is 19.1. The molecule has 0 amide bonds. The van der Waals surface area contributed by atoms with Crippen LogP contribution in [0.1, 0.15) is 25.5 Å². The summed E-state index contributed by atoms with van der Waals surface area (Å²) in [6.45, 7) is 4.35. The number of fused-ring (bicyclic) bond motifs is 1. The quantitative estimate of drug-likeness (QED) is 0.558. The SMILES string of the molecule is CC(C)C(Nc1ccc2nnc(-c3ccc(F)cc3)n2n1)c1ccccc1. The van der Waals surface area contributed by atoms with Crippen molar-refractivity contribution in [3.63, 3.8) is 0 Å². The normalized spacial score (nSPS) is 12.4. The summed E-state index contributed by atoms with van der Waals surface area (Å²) in [5.74, 6) is 1.40. The van der Waals surface area contributed by atoms with Crippen molar-refractivity contribution in [2.75, 3.05) is 5.32 Å². The molecule has 2 aromatic heterocycles. The van der Waals surface area contributed by atoms with Gasteiger partial charge < -0.3 is 5.32 Å². The van der Waals surface area contributed by atoms with Crippen molar-refractivity contribution in [3.8, 4) is 11.4 Å². The van der Waals surface area contributed by atoms with E-state index < -0.39 is 0 Å². The lowest BCUT2D eigenvalue weighted by Crippen LogP contribution is -2.18.